The third-order valence-corrected chi connectivity index (χ3v) is 5.92. The van der Waals surface area contributed by atoms with Gasteiger partial charge < -0.3 is 24.8 Å². The lowest BCUT2D eigenvalue weighted by molar-refractivity contribution is 0.311. The van der Waals surface area contributed by atoms with Crippen LogP contribution in [0, 0.1) is 11.3 Å². The van der Waals surface area contributed by atoms with Gasteiger partial charge in [0.05, 0.1) is 6.20 Å². The highest BCUT2D eigenvalue weighted by molar-refractivity contribution is 7.16. The molecule has 1 fully saturated rings. The van der Waals surface area contributed by atoms with Gasteiger partial charge in [-0.2, -0.15) is 15.2 Å². The van der Waals surface area contributed by atoms with Crippen LogP contribution in [0.3, 0.4) is 0 Å². The summed E-state index contributed by atoms with van der Waals surface area (Å²) in [5.41, 5.74) is 1.04. The molecule has 9 nitrogen and oxygen atoms in total. The molecule has 0 saturated carbocycles. The molecule has 2 N–H and O–H groups in total. The second kappa shape index (κ2) is 8.22. The van der Waals surface area contributed by atoms with Crippen LogP contribution < -0.4 is 15.0 Å². The minimum absolute atomic E-state index is 0.255. The lowest BCUT2D eigenvalue weighted by Crippen LogP contribution is -2.44. The fourth-order valence-electron chi connectivity index (χ4n) is 3.41. The number of nitrogens with zero attached hydrogens (tertiary/aromatic N) is 6. The number of hydrogen-bond donors (Lipinski definition) is 2. The van der Waals surface area contributed by atoms with Gasteiger partial charge in [0.15, 0.2) is 5.13 Å². The number of hydrogen-bond acceptors (Lipinski definition) is 9. The number of aromatic amines is 1. The molecule has 1 aromatic carbocycles. The summed E-state index contributed by atoms with van der Waals surface area (Å²) in [5, 5.41) is 13.9. The quantitative estimate of drug-likeness (QED) is 0.493. The normalized spacial score (nSPS) is 14.5. The number of nitrogens with one attached hydrogen (secondary N) is 2. The molecule has 4 heterocycles. The minimum atomic E-state index is 0.255. The number of fused-ring (bicyclic) bond motifs is 1. The molecule has 156 valence electrons. The predicted molar refractivity (Wildman–Crippen MR) is 120 cm³/mol. The lowest BCUT2D eigenvalue weighted by Gasteiger charge is -2.33. The largest absolute Gasteiger partial charge is 0.424 e. The van der Waals surface area contributed by atoms with Crippen LogP contribution in [0.25, 0.3) is 10.9 Å². The number of nitriles is 1. The molecule has 10 heteroatoms. The molecule has 1 saturated heterocycles. The van der Waals surface area contributed by atoms with Gasteiger partial charge in [-0.3, -0.25) is 0 Å². The van der Waals surface area contributed by atoms with Crippen molar-refractivity contribution in [3.05, 3.63) is 47.6 Å². The van der Waals surface area contributed by atoms with E-state index in [1.165, 1.54) is 11.3 Å². The van der Waals surface area contributed by atoms with Gasteiger partial charge in [-0.15, -0.1) is 0 Å². The van der Waals surface area contributed by atoms with Gasteiger partial charge >= 0.3 is 6.01 Å². The Morgan fingerprint density at radius 3 is 2.84 bits per heavy atom. The SMILES string of the molecule is CN1CCN(c2cc(Nc3ncc(C#N)s3)nc(Oc3ccc4[nH]ccc4c3)n2)CC1. The van der Waals surface area contributed by atoms with E-state index in [-0.39, 0.29) is 6.01 Å². The Labute approximate surface area is 182 Å². The molecule has 1 aliphatic heterocycles. The van der Waals surface area contributed by atoms with Gasteiger partial charge in [0.2, 0.25) is 0 Å². The van der Waals surface area contributed by atoms with Crippen molar-refractivity contribution in [3.63, 3.8) is 0 Å². The van der Waals surface area contributed by atoms with E-state index in [1.807, 2.05) is 36.5 Å². The van der Waals surface area contributed by atoms with Crippen molar-refractivity contribution in [1.29, 1.82) is 5.26 Å². The van der Waals surface area contributed by atoms with Gasteiger partial charge in [-0.05, 0) is 31.3 Å². The molecule has 0 spiro atoms. The first-order valence-corrected chi connectivity index (χ1v) is 10.7. The third kappa shape index (κ3) is 4.28. The Kier molecular flexibility index (Phi) is 5.11. The second-order valence-electron chi connectivity index (χ2n) is 7.28. The van der Waals surface area contributed by atoms with E-state index in [0.29, 0.717) is 21.6 Å². The average molecular weight is 433 g/mol. The van der Waals surface area contributed by atoms with Crippen LogP contribution in [0.5, 0.6) is 11.8 Å². The standard InChI is InChI=1S/C21H20N8OS/c1-28-6-8-29(9-7-28)19-11-18(26-21-24-13-16(12-22)31-21)25-20(27-19)30-15-2-3-17-14(10-15)4-5-23-17/h2-5,10-11,13,23H,6-9H2,1H3,(H,24,25,26,27). The number of piperazine rings is 1. The van der Waals surface area contributed by atoms with E-state index in [4.69, 9.17) is 10.00 Å². The van der Waals surface area contributed by atoms with Crippen molar-refractivity contribution in [1.82, 2.24) is 24.8 Å². The zero-order valence-corrected chi connectivity index (χ0v) is 17.7. The van der Waals surface area contributed by atoms with E-state index in [1.54, 1.807) is 6.20 Å². The molecular weight excluding hydrogens is 412 g/mol. The summed E-state index contributed by atoms with van der Waals surface area (Å²) in [6.45, 7) is 3.67. The van der Waals surface area contributed by atoms with Crippen LogP contribution in [-0.4, -0.2) is 58.1 Å². The third-order valence-electron chi connectivity index (χ3n) is 5.10. The van der Waals surface area contributed by atoms with Gasteiger partial charge in [0.25, 0.3) is 0 Å². The first kappa shape index (κ1) is 19.3. The molecule has 0 aliphatic carbocycles. The summed E-state index contributed by atoms with van der Waals surface area (Å²) in [6, 6.07) is 12.0. The molecule has 1 aliphatic rings. The van der Waals surface area contributed by atoms with Gasteiger partial charge in [0.1, 0.15) is 28.3 Å². The Morgan fingerprint density at radius 2 is 2.03 bits per heavy atom. The van der Waals surface area contributed by atoms with Crippen molar-refractivity contribution in [2.75, 3.05) is 43.4 Å². The summed E-state index contributed by atoms with van der Waals surface area (Å²) < 4.78 is 6.03. The maximum atomic E-state index is 9.05. The molecular formula is C21H20N8OS. The average Bonchev–Trinajstić information content (AvgIpc) is 3.43. The number of benzene rings is 1. The van der Waals surface area contributed by atoms with Crippen LogP contribution in [0.15, 0.2) is 42.7 Å². The Balaban J connectivity index is 1.46. The van der Waals surface area contributed by atoms with Gasteiger partial charge in [-0.1, -0.05) is 11.3 Å². The fourth-order valence-corrected chi connectivity index (χ4v) is 4.03. The number of likely N-dealkylation sites (N-methyl/N-ethyl adjacent to an activating group) is 1. The van der Waals surface area contributed by atoms with Crippen LogP contribution in [0.2, 0.25) is 0 Å². The van der Waals surface area contributed by atoms with Crippen molar-refractivity contribution in [3.8, 4) is 17.8 Å². The Hall–Kier alpha value is -3.68. The van der Waals surface area contributed by atoms with E-state index in [2.05, 4.69) is 48.2 Å². The summed E-state index contributed by atoms with van der Waals surface area (Å²) in [5.74, 6) is 2.02. The zero-order chi connectivity index (χ0) is 21.2. The minimum Gasteiger partial charge on any atom is -0.424 e. The highest BCUT2D eigenvalue weighted by atomic mass is 32.1. The molecule has 0 amide bonds. The second-order valence-corrected chi connectivity index (χ2v) is 8.31. The molecule has 3 aromatic heterocycles. The summed E-state index contributed by atoms with van der Waals surface area (Å²) in [7, 11) is 2.12. The maximum Gasteiger partial charge on any atom is 0.325 e. The summed E-state index contributed by atoms with van der Waals surface area (Å²) >= 11 is 1.27. The van der Waals surface area contributed by atoms with Crippen molar-refractivity contribution in [2.24, 2.45) is 0 Å². The highest BCUT2D eigenvalue weighted by Gasteiger charge is 2.18. The first-order valence-electron chi connectivity index (χ1n) is 9.87. The first-order chi connectivity index (χ1) is 15.2. The number of thiazole rings is 1. The maximum absolute atomic E-state index is 9.05. The van der Waals surface area contributed by atoms with Gasteiger partial charge in [-0.25, -0.2) is 4.98 Å². The molecule has 31 heavy (non-hydrogen) atoms. The van der Waals surface area contributed by atoms with Crippen molar-refractivity contribution in [2.45, 2.75) is 0 Å². The van der Waals surface area contributed by atoms with Crippen LogP contribution in [0.1, 0.15) is 4.88 Å². The Bertz CT molecular complexity index is 1250. The molecule has 0 unspecified atom stereocenters. The van der Waals surface area contributed by atoms with Crippen molar-refractivity contribution >= 4 is 39.0 Å². The molecule has 4 aromatic rings. The zero-order valence-electron chi connectivity index (χ0n) is 16.9. The Morgan fingerprint density at radius 1 is 1.16 bits per heavy atom. The van der Waals surface area contributed by atoms with E-state index < -0.39 is 0 Å². The predicted octanol–water partition coefficient (Wildman–Crippen LogP) is 3.57. The number of anilines is 3. The van der Waals surface area contributed by atoms with Crippen LogP contribution in [-0.2, 0) is 0 Å². The van der Waals surface area contributed by atoms with E-state index in [9.17, 15) is 0 Å². The number of ether oxygens (including phenoxy) is 1. The van der Waals surface area contributed by atoms with Crippen LogP contribution >= 0.6 is 11.3 Å². The smallest absolute Gasteiger partial charge is 0.325 e. The van der Waals surface area contributed by atoms with Gasteiger partial charge in [0, 0.05) is 49.3 Å². The topological polar surface area (TPSA) is 106 Å². The molecule has 5 rings (SSSR count). The number of rotatable bonds is 5. The lowest BCUT2D eigenvalue weighted by atomic mass is 10.2. The highest BCUT2D eigenvalue weighted by Crippen LogP contribution is 2.29. The van der Waals surface area contributed by atoms with Crippen molar-refractivity contribution < 1.29 is 4.74 Å². The fraction of sp³-hybridized carbons (Fsp3) is 0.238. The van der Waals surface area contributed by atoms with Crippen LogP contribution in [0.4, 0.5) is 16.8 Å². The molecule has 0 atom stereocenters. The number of aromatic nitrogens is 4. The summed E-state index contributed by atoms with van der Waals surface area (Å²) in [6.07, 6.45) is 3.43. The van der Waals surface area contributed by atoms with E-state index in [0.717, 1.165) is 42.9 Å². The monoisotopic (exact) mass is 432 g/mol. The van der Waals surface area contributed by atoms with E-state index >= 15 is 0 Å². The molecule has 0 radical (unpaired) electrons. The number of H-pyrrole nitrogens is 1. The summed E-state index contributed by atoms with van der Waals surface area (Å²) in [4.78, 5) is 21.7. The molecule has 0 bridgehead atoms.